The SMILES string of the molecule is CCCc1c(C(=O)NCC(C)(O)c2ccsc2)[nH]c(C)c1C(C)=O. The Morgan fingerprint density at radius 2 is 2.12 bits per heavy atom. The Labute approximate surface area is 146 Å². The highest BCUT2D eigenvalue weighted by molar-refractivity contribution is 7.08. The molecular weight excluding hydrogens is 324 g/mol. The average molecular weight is 348 g/mol. The Hall–Kier alpha value is -1.92. The van der Waals surface area contributed by atoms with E-state index in [-0.39, 0.29) is 18.2 Å². The largest absolute Gasteiger partial charge is 0.384 e. The van der Waals surface area contributed by atoms with Gasteiger partial charge in [-0.25, -0.2) is 0 Å². The molecule has 130 valence electrons. The first-order valence-corrected chi connectivity index (χ1v) is 8.97. The maximum absolute atomic E-state index is 12.6. The van der Waals surface area contributed by atoms with E-state index in [1.165, 1.54) is 18.3 Å². The number of ketones is 1. The summed E-state index contributed by atoms with van der Waals surface area (Å²) in [6.45, 7) is 7.09. The van der Waals surface area contributed by atoms with Crippen LogP contribution < -0.4 is 5.32 Å². The van der Waals surface area contributed by atoms with Gasteiger partial charge in [0, 0.05) is 11.3 Å². The molecule has 2 rings (SSSR count). The highest BCUT2D eigenvalue weighted by Gasteiger charge is 2.27. The summed E-state index contributed by atoms with van der Waals surface area (Å²) in [5, 5.41) is 17.0. The predicted octanol–water partition coefficient (Wildman–Crippen LogP) is 3.18. The molecule has 1 unspecified atom stereocenters. The first kappa shape index (κ1) is 18.4. The van der Waals surface area contributed by atoms with Crippen molar-refractivity contribution < 1.29 is 14.7 Å². The Morgan fingerprint density at radius 3 is 2.67 bits per heavy atom. The molecule has 0 bridgehead atoms. The van der Waals surface area contributed by atoms with Gasteiger partial charge in [0.2, 0.25) is 0 Å². The lowest BCUT2D eigenvalue weighted by Crippen LogP contribution is -2.38. The zero-order valence-electron chi connectivity index (χ0n) is 14.5. The van der Waals surface area contributed by atoms with Gasteiger partial charge in [-0.15, -0.1) is 0 Å². The number of H-pyrrole nitrogens is 1. The van der Waals surface area contributed by atoms with Crippen molar-refractivity contribution in [3.8, 4) is 0 Å². The van der Waals surface area contributed by atoms with Gasteiger partial charge in [-0.3, -0.25) is 9.59 Å². The monoisotopic (exact) mass is 348 g/mol. The van der Waals surface area contributed by atoms with Crippen molar-refractivity contribution in [3.05, 3.63) is 44.9 Å². The summed E-state index contributed by atoms with van der Waals surface area (Å²) >= 11 is 1.50. The third-order valence-corrected chi connectivity index (χ3v) is 4.79. The molecule has 0 aliphatic rings. The number of rotatable bonds is 7. The number of aryl methyl sites for hydroxylation is 1. The molecule has 2 aromatic heterocycles. The molecule has 0 spiro atoms. The molecule has 0 radical (unpaired) electrons. The summed E-state index contributed by atoms with van der Waals surface area (Å²) in [5.41, 5.74) is 2.13. The molecule has 5 nitrogen and oxygen atoms in total. The summed E-state index contributed by atoms with van der Waals surface area (Å²) in [5.74, 6) is -0.346. The molecule has 0 aromatic carbocycles. The van der Waals surface area contributed by atoms with Crippen LogP contribution in [0.15, 0.2) is 16.8 Å². The van der Waals surface area contributed by atoms with E-state index in [9.17, 15) is 14.7 Å². The fourth-order valence-electron chi connectivity index (χ4n) is 2.86. The van der Waals surface area contributed by atoms with Crippen molar-refractivity contribution in [2.75, 3.05) is 6.54 Å². The zero-order valence-corrected chi connectivity index (χ0v) is 15.3. The lowest BCUT2D eigenvalue weighted by molar-refractivity contribution is 0.0528. The minimum Gasteiger partial charge on any atom is -0.384 e. The minimum atomic E-state index is -1.13. The summed E-state index contributed by atoms with van der Waals surface area (Å²) in [6.07, 6.45) is 1.49. The smallest absolute Gasteiger partial charge is 0.268 e. The third-order valence-electron chi connectivity index (χ3n) is 4.11. The first-order chi connectivity index (χ1) is 11.3. The van der Waals surface area contributed by atoms with Crippen LogP contribution in [0.5, 0.6) is 0 Å². The second kappa shape index (κ2) is 7.32. The molecule has 2 heterocycles. The number of hydrogen-bond acceptors (Lipinski definition) is 4. The van der Waals surface area contributed by atoms with Gasteiger partial charge < -0.3 is 15.4 Å². The van der Waals surface area contributed by atoms with Crippen LogP contribution in [0, 0.1) is 6.92 Å². The van der Waals surface area contributed by atoms with Gasteiger partial charge in [-0.1, -0.05) is 13.3 Å². The fourth-order valence-corrected chi connectivity index (χ4v) is 3.64. The van der Waals surface area contributed by atoms with Crippen molar-refractivity contribution >= 4 is 23.0 Å². The minimum absolute atomic E-state index is 0.0449. The number of carbonyl (C=O) groups is 2. The second-order valence-corrected chi connectivity index (χ2v) is 7.03. The fraction of sp³-hybridized carbons (Fsp3) is 0.444. The molecule has 0 saturated carbocycles. The van der Waals surface area contributed by atoms with E-state index in [1.54, 1.807) is 13.8 Å². The molecule has 6 heteroatoms. The quantitative estimate of drug-likeness (QED) is 0.672. The lowest BCUT2D eigenvalue weighted by Gasteiger charge is -2.22. The van der Waals surface area contributed by atoms with Crippen molar-refractivity contribution in [3.63, 3.8) is 0 Å². The molecule has 0 fully saturated rings. The summed E-state index contributed by atoms with van der Waals surface area (Å²) in [4.78, 5) is 27.5. The number of hydrogen-bond donors (Lipinski definition) is 3. The van der Waals surface area contributed by atoms with Gasteiger partial charge in [-0.2, -0.15) is 11.3 Å². The molecule has 3 N–H and O–H groups in total. The average Bonchev–Trinajstić information content (AvgIpc) is 3.14. The number of thiophene rings is 1. The number of aliphatic hydroxyl groups is 1. The molecular formula is C18H24N2O3S. The van der Waals surface area contributed by atoms with Crippen LogP contribution in [-0.4, -0.2) is 28.3 Å². The lowest BCUT2D eigenvalue weighted by atomic mass is 9.98. The zero-order chi connectivity index (χ0) is 17.9. The number of aromatic amines is 1. The van der Waals surface area contributed by atoms with Crippen LogP contribution in [0.3, 0.4) is 0 Å². The number of aromatic nitrogens is 1. The van der Waals surface area contributed by atoms with Crippen molar-refractivity contribution in [1.29, 1.82) is 0 Å². The van der Waals surface area contributed by atoms with E-state index in [4.69, 9.17) is 0 Å². The maximum Gasteiger partial charge on any atom is 0.268 e. The van der Waals surface area contributed by atoms with Gasteiger partial charge in [0.05, 0.1) is 6.54 Å². The van der Waals surface area contributed by atoms with Gasteiger partial charge >= 0.3 is 0 Å². The van der Waals surface area contributed by atoms with E-state index < -0.39 is 5.60 Å². The Bertz CT molecular complexity index is 730. The van der Waals surface area contributed by atoms with Crippen LogP contribution in [0.1, 0.15) is 64.9 Å². The standard InChI is InChI=1S/C18H24N2O3S/c1-5-6-14-15(12(3)21)11(2)20-16(14)17(22)19-10-18(4,23)13-7-8-24-9-13/h7-9,20,23H,5-6,10H2,1-4H3,(H,19,22). The van der Waals surface area contributed by atoms with Gasteiger partial charge in [0.1, 0.15) is 11.3 Å². The van der Waals surface area contributed by atoms with Crippen LogP contribution in [0.2, 0.25) is 0 Å². The number of nitrogens with one attached hydrogen (secondary N) is 2. The van der Waals surface area contributed by atoms with E-state index in [2.05, 4.69) is 10.3 Å². The maximum atomic E-state index is 12.6. The van der Waals surface area contributed by atoms with E-state index in [1.807, 2.05) is 23.8 Å². The van der Waals surface area contributed by atoms with Crippen molar-refractivity contribution in [2.45, 2.75) is 46.1 Å². The Kier molecular flexibility index (Phi) is 5.62. The molecule has 24 heavy (non-hydrogen) atoms. The molecule has 1 amide bonds. The van der Waals surface area contributed by atoms with Gasteiger partial charge in [0.15, 0.2) is 5.78 Å². The van der Waals surface area contributed by atoms with Crippen LogP contribution in [0.4, 0.5) is 0 Å². The topological polar surface area (TPSA) is 82.2 Å². The number of amides is 1. The Balaban J connectivity index is 2.21. The van der Waals surface area contributed by atoms with Crippen molar-refractivity contribution in [1.82, 2.24) is 10.3 Å². The molecule has 2 aromatic rings. The molecule has 0 aliphatic heterocycles. The van der Waals surface area contributed by atoms with Gasteiger partial charge in [-0.05, 0) is 55.1 Å². The number of carbonyl (C=O) groups excluding carboxylic acids is 2. The normalized spacial score (nSPS) is 13.5. The third kappa shape index (κ3) is 3.76. The van der Waals surface area contributed by atoms with Crippen molar-refractivity contribution in [2.24, 2.45) is 0 Å². The second-order valence-electron chi connectivity index (χ2n) is 6.25. The predicted molar refractivity (Wildman–Crippen MR) is 95.8 cm³/mol. The summed E-state index contributed by atoms with van der Waals surface area (Å²) in [6, 6.07) is 1.84. The van der Waals surface area contributed by atoms with E-state index in [0.29, 0.717) is 23.4 Å². The van der Waals surface area contributed by atoms with E-state index in [0.717, 1.165) is 17.5 Å². The van der Waals surface area contributed by atoms with E-state index >= 15 is 0 Å². The van der Waals surface area contributed by atoms with Gasteiger partial charge in [0.25, 0.3) is 5.91 Å². The van der Waals surface area contributed by atoms with Crippen LogP contribution in [0.25, 0.3) is 0 Å². The Morgan fingerprint density at radius 1 is 1.42 bits per heavy atom. The highest BCUT2D eigenvalue weighted by Crippen LogP contribution is 2.24. The van der Waals surface area contributed by atoms with Crippen LogP contribution in [-0.2, 0) is 12.0 Å². The summed E-state index contributed by atoms with van der Waals surface area (Å²) in [7, 11) is 0. The molecule has 0 saturated heterocycles. The first-order valence-electron chi connectivity index (χ1n) is 8.03. The highest BCUT2D eigenvalue weighted by atomic mass is 32.1. The summed E-state index contributed by atoms with van der Waals surface area (Å²) < 4.78 is 0. The molecule has 1 atom stereocenters. The molecule has 0 aliphatic carbocycles. The van der Waals surface area contributed by atoms with Crippen LogP contribution >= 0.6 is 11.3 Å². The number of Topliss-reactive ketones (excluding diaryl/α,β-unsaturated/α-hetero) is 1.